The average molecular weight is 277 g/mol. The number of thioether (sulfide) groups is 1. The van der Waals surface area contributed by atoms with E-state index in [0.717, 1.165) is 11.8 Å². The van der Waals surface area contributed by atoms with Crippen LogP contribution >= 0.6 is 23.4 Å². The van der Waals surface area contributed by atoms with E-state index in [4.69, 9.17) is 17.3 Å². The molecule has 17 heavy (non-hydrogen) atoms. The van der Waals surface area contributed by atoms with Crippen LogP contribution in [0.1, 0.15) is 18.6 Å². The summed E-state index contributed by atoms with van der Waals surface area (Å²) in [7, 11) is 0. The van der Waals surface area contributed by atoms with Gasteiger partial charge in [-0.3, -0.25) is 4.79 Å². The normalized spacial score (nSPS) is 14.4. The Labute approximate surface area is 108 Å². The highest BCUT2D eigenvalue weighted by Crippen LogP contribution is 2.27. The Morgan fingerprint density at radius 2 is 2.29 bits per heavy atom. The number of halogens is 1. The molecule has 1 rings (SSSR count). The van der Waals surface area contributed by atoms with Crippen LogP contribution in [-0.4, -0.2) is 32.2 Å². The zero-order valence-corrected chi connectivity index (χ0v) is 10.7. The first-order valence-corrected chi connectivity index (χ1v) is 6.18. The van der Waals surface area contributed by atoms with E-state index in [0.29, 0.717) is 0 Å². The van der Waals surface area contributed by atoms with Crippen LogP contribution in [0.15, 0.2) is 12.3 Å². The van der Waals surface area contributed by atoms with Crippen molar-refractivity contribution >= 4 is 34.3 Å². The zero-order valence-electron chi connectivity index (χ0n) is 9.13. The third-order valence-electron chi connectivity index (χ3n) is 2.04. The summed E-state index contributed by atoms with van der Waals surface area (Å²) >= 11 is 6.80. The number of rotatable bonds is 4. The molecule has 0 amide bonds. The van der Waals surface area contributed by atoms with Gasteiger partial charge in [0.1, 0.15) is 11.9 Å². The Balaban J connectivity index is 2.74. The third-order valence-corrected chi connectivity index (χ3v) is 3.29. The van der Waals surface area contributed by atoms with Crippen LogP contribution in [0.4, 0.5) is 5.82 Å². The van der Waals surface area contributed by atoms with E-state index in [2.05, 4.69) is 4.98 Å². The lowest BCUT2D eigenvalue weighted by Crippen LogP contribution is -2.22. The molecule has 0 saturated heterocycles. The fourth-order valence-electron chi connectivity index (χ4n) is 1.17. The van der Waals surface area contributed by atoms with Crippen LogP contribution in [0.2, 0.25) is 5.02 Å². The number of nitrogen functional groups attached to an aromatic ring is 1. The van der Waals surface area contributed by atoms with E-state index in [1.54, 1.807) is 0 Å². The van der Waals surface area contributed by atoms with Gasteiger partial charge < -0.3 is 15.9 Å². The molecule has 4 N–H and O–H groups in total. The highest BCUT2D eigenvalue weighted by molar-refractivity contribution is 8.13. The summed E-state index contributed by atoms with van der Waals surface area (Å²) < 4.78 is 0. The van der Waals surface area contributed by atoms with Crippen LogP contribution in [0.5, 0.6) is 0 Å². The summed E-state index contributed by atoms with van der Waals surface area (Å²) in [4.78, 5) is 14.5. The summed E-state index contributed by atoms with van der Waals surface area (Å²) in [6.45, 7) is 1.39. The molecule has 94 valence electrons. The smallest absolute Gasteiger partial charge is 0.185 e. The second-order valence-corrected chi connectivity index (χ2v) is 5.05. The van der Waals surface area contributed by atoms with E-state index < -0.39 is 12.2 Å². The number of aliphatic hydroxyl groups is 2. The number of aliphatic hydroxyl groups excluding tert-OH is 2. The lowest BCUT2D eigenvalue weighted by Gasteiger charge is -2.18. The van der Waals surface area contributed by atoms with Crippen LogP contribution < -0.4 is 5.73 Å². The van der Waals surface area contributed by atoms with E-state index in [9.17, 15) is 15.0 Å². The van der Waals surface area contributed by atoms with Crippen molar-refractivity contribution in [3.63, 3.8) is 0 Å². The first-order chi connectivity index (χ1) is 7.91. The molecule has 1 aromatic rings. The maximum atomic E-state index is 10.7. The maximum absolute atomic E-state index is 10.7. The van der Waals surface area contributed by atoms with Crippen molar-refractivity contribution in [2.24, 2.45) is 0 Å². The molecule has 0 aromatic carbocycles. The molecule has 0 aliphatic carbocycles. The van der Waals surface area contributed by atoms with Crippen molar-refractivity contribution in [2.75, 3.05) is 11.5 Å². The monoisotopic (exact) mass is 276 g/mol. The molecule has 0 spiro atoms. The number of nitrogens with two attached hydrogens (primary N) is 1. The van der Waals surface area contributed by atoms with Crippen molar-refractivity contribution in [1.82, 2.24) is 4.98 Å². The summed E-state index contributed by atoms with van der Waals surface area (Å²) in [6, 6.07) is 1.39. The quantitative estimate of drug-likeness (QED) is 0.759. The number of carbonyl (C=O) groups excluding carboxylic acids is 1. The Morgan fingerprint density at radius 3 is 2.82 bits per heavy atom. The van der Waals surface area contributed by atoms with Crippen molar-refractivity contribution in [3.8, 4) is 0 Å². The Morgan fingerprint density at radius 1 is 1.65 bits per heavy atom. The first kappa shape index (κ1) is 14.2. The van der Waals surface area contributed by atoms with Gasteiger partial charge in [0.25, 0.3) is 0 Å². The molecule has 2 atom stereocenters. The molecule has 0 fully saturated rings. The minimum Gasteiger partial charge on any atom is -0.389 e. The highest BCUT2D eigenvalue weighted by atomic mass is 35.5. The molecule has 7 heteroatoms. The molecular weight excluding hydrogens is 264 g/mol. The van der Waals surface area contributed by atoms with E-state index >= 15 is 0 Å². The third kappa shape index (κ3) is 4.16. The Kier molecular flexibility index (Phi) is 5.20. The van der Waals surface area contributed by atoms with E-state index in [1.165, 1.54) is 19.2 Å². The van der Waals surface area contributed by atoms with Gasteiger partial charge in [0.2, 0.25) is 0 Å². The molecule has 0 radical (unpaired) electrons. The second kappa shape index (κ2) is 6.20. The van der Waals surface area contributed by atoms with Gasteiger partial charge >= 0.3 is 0 Å². The van der Waals surface area contributed by atoms with Crippen molar-refractivity contribution in [1.29, 1.82) is 0 Å². The highest BCUT2D eigenvalue weighted by Gasteiger charge is 2.21. The summed E-state index contributed by atoms with van der Waals surface area (Å²) in [5.74, 6) is 0.329. The second-order valence-electron chi connectivity index (χ2n) is 3.45. The maximum Gasteiger partial charge on any atom is 0.185 e. The number of carbonyl (C=O) groups is 1. The van der Waals surface area contributed by atoms with Gasteiger partial charge in [-0.1, -0.05) is 23.4 Å². The molecule has 1 heterocycles. The number of aromatic nitrogens is 1. The number of nitrogens with zero attached hydrogens (tertiary/aromatic N) is 1. The average Bonchev–Trinajstić information content (AvgIpc) is 2.25. The minimum atomic E-state index is -1.19. The van der Waals surface area contributed by atoms with Gasteiger partial charge in [0.05, 0.1) is 11.1 Å². The molecule has 1 aromatic heterocycles. The SMILES string of the molecule is CC(=O)SCC(O)C(O)c1cnc(N)cc1Cl. The van der Waals surface area contributed by atoms with Crippen molar-refractivity contribution < 1.29 is 15.0 Å². The standard InChI is InChI=1S/C10H13ClN2O3S/c1-5(14)17-4-8(15)10(16)6-3-13-9(12)2-7(6)11/h2-3,8,10,15-16H,4H2,1H3,(H2,12,13). The molecule has 0 aliphatic heterocycles. The number of hydrogen-bond acceptors (Lipinski definition) is 6. The van der Waals surface area contributed by atoms with Gasteiger partial charge in [0, 0.05) is 24.4 Å². The minimum absolute atomic E-state index is 0.0944. The van der Waals surface area contributed by atoms with Gasteiger partial charge in [-0.15, -0.1) is 0 Å². The molecule has 0 aliphatic rings. The Bertz CT molecular complexity index is 417. The van der Waals surface area contributed by atoms with Gasteiger partial charge in [-0.25, -0.2) is 4.98 Å². The van der Waals surface area contributed by atoms with Crippen LogP contribution in [0.3, 0.4) is 0 Å². The molecule has 2 unspecified atom stereocenters. The Hall–Kier alpha value is -0.820. The number of pyridine rings is 1. The molecular formula is C10H13ClN2O3S. The lowest BCUT2D eigenvalue weighted by molar-refractivity contribution is -0.109. The molecule has 5 nitrogen and oxygen atoms in total. The van der Waals surface area contributed by atoms with Gasteiger partial charge in [-0.2, -0.15) is 0 Å². The number of anilines is 1. The summed E-state index contributed by atoms with van der Waals surface area (Å²) in [6.07, 6.45) is -0.974. The molecule has 0 saturated carbocycles. The first-order valence-electron chi connectivity index (χ1n) is 4.82. The summed E-state index contributed by atoms with van der Waals surface area (Å²) in [5, 5.41) is 19.6. The summed E-state index contributed by atoms with van der Waals surface area (Å²) in [5.41, 5.74) is 5.70. The lowest BCUT2D eigenvalue weighted by atomic mass is 10.1. The van der Waals surface area contributed by atoms with Crippen LogP contribution in [-0.2, 0) is 4.79 Å². The zero-order chi connectivity index (χ0) is 13.0. The largest absolute Gasteiger partial charge is 0.389 e. The predicted octanol–water partition coefficient (Wildman–Crippen LogP) is 0.991. The number of hydrogen-bond donors (Lipinski definition) is 3. The van der Waals surface area contributed by atoms with E-state index in [-0.39, 0.29) is 27.3 Å². The van der Waals surface area contributed by atoms with Crippen LogP contribution in [0.25, 0.3) is 0 Å². The van der Waals surface area contributed by atoms with Crippen LogP contribution in [0, 0.1) is 0 Å². The fraction of sp³-hybridized carbons (Fsp3) is 0.400. The van der Waals surface area contributed by atoms with Crippen molar-refractivity contribution in [2.45, 2.75) is 19.1 Å². The molecule has 0 bridgehead atoms. The van der Waals surface area contributed by atoms with Crippen molar-refractivity contribution in [3.05, 3.63) is 22.8 Å². The fourth-order valence-corrected chi connectivity index (χ4v) is 2.04. The topological polar surface area (TPSA) is 96.4 Å². The van der Waals surface area contributed by atoms with E-state index in [1.807, 2.05) is 0 Å². The van der Waals surface area contributed by atoms with Gasteiger partial charge in [-0.05, 0) is 6.07 Å². The van der Waals surface area contributed by atoms with Gasteiger partial charge in [0.15, 0.2) is 5.12 Å². The predicted molar refractivity (Wildman–Crippen MR) is 67.8 cm³/mol.